The molecule has 2 heterocycles. The van der Waals surface area contributed by atoms with Gasteiger partial charge in [-0.05, 0) is 32.1 Å². The predicted molar refractivity (Wildman–Crippen MR) is 78.0 cm³/mol. The van der Waals surface area contributed by atoms with Crippen LogP contribution in [0.15, 0.2) is 0 Å². The van der Waals surface area contributed by atoms with E-state index in [0.29, 0.717) is 26.1 Å². The molecule has 2 aliphatic heterocycles. The van der Waals surface area contributed by atoms with Crippen LogP contribution in [-0.2, 0) is 14.3 Å². The Labute approximate surface area is 129 Å². The first-order chi connectivity index (χ1) is 10.6. The third-order valence-corrected chi connectivity index (χ3v) is 4.78. The summed E-state index contributed by atoms with van der Waals surface area (Å²) in [5.74, 6) is -0.192. The fourth-order valence-electron chi connectivity index (χ4n) is 3.54. The Morgan fingerprint density at radius 2 is 2.09 bits per heavy atom. The van der Waals surface area contributed by atoms with Gasteiger partial charge < -0.3 is 15.4 Å². The number of hydrogen-bond acceptors (Lipinski definition) is 4. The lowest BCUT2D eigenvalue weighted by atomic mass is 9.98. The normalized spacial score (nSPS) is 26.7. The molecule has 0 aromatic rings. The van der Waals surface area contributed by atoms with Crippen molar-refractivity contribution in [3.05, 3.63) is 0 Å². The van der Waals surface area contributed by atoms with Crippen LogP contribution >= 0.6 is 0 Å². The summed E-state index contributed by atoms with van der Waals surface area (Å²) < 4.78 is 5.30. The predicted octanol–water partition coefficient (Wildman–Crippen LogP) is 0.536. The molecule has 1 saturated carbocycles. The van der Waals surface area contributed by atoms with Gasteiger partial charge in [-0.1, -0.05) is 12.8 Å². The van der Waals surface area contributed by atoms with E-state index >= 15 is 0 Å². The first-order valence-corrected chi connectivity index (χ1v) is 8.16. The van der Waals surface area contributed by atoms with E-state index < -0.39 is 5.54 Å². The van der Waals surface area contributed by atoms with Crippen LogP contribution in [0.25, 0.3) is 0 Å². The molecule has 0 unspecified atom stereocenters. The van der Waals surface area contributed by atoms with Gasteiger partial charge in [0.05, 0.1) is 0 Å². The summed E-state index contributed by atoms with van der Waals surface area (Å²) in [6.45, 7) is 1.43. The van der Waals surface area contributed by atoms with E-state index in [4.69, 9.17) is 4.74 Å². The minimum Gasteiger partial charge on any atom is -0.368 e. The van der Waals surface area contributed by atoms with Crippen molar-refractivity contribution in [1.82, 2.24) is 15.5 Å². The molecule has 7 heteroatoms. The quantitative estimate of drug-likeness (QED) is 0.573. The number of carbonyl (C=O) groups is 3. The highest BCUT2D eigenvalue weighted by Gasteiger charge is 2.51. The van der Waals surface area contributed by atoms with Crippen molar-refractivity contribution in [2.24, 2.45) is 0 Å². The average Bonchev–Trinajstić information content (AvgIpc) is 3.21. The zero-order chi connectivity index (χ0) is 15.6. The lowest BCUT2D eigenvalue weighted by Crippen LogP contribution is -2.44. The van der Waals surface area contributed by atoms with E-state index in [1.54, 1.807) is 0 Å². The van der Waals surface area contributed by atoms with E-state index in [1.807, 2.05) is 0 Å². The van der Waals surface area contributed by atoms with Gasteiger partial charge in [0.1, 0.15) is 11.6 Å². The monoisotopic (exact) mass is 309 g/mol. The van der Waals surface area contributed by atoms with Crippen LogP contribution in [0.5, 0.6) is 0 Å². The summed E-state index contributed by atoms with van der Waals surface area (Å²) in [5.41, 5.74) is -0.641. The van der Waals surface area contributed by atoms with Crippen LogP contribution in [0.4, 0.5) is 4.79 Å². The third kappa shape index (κ3) is 2.82. The summed E-state index contributed by atoms with van der Waals surface area (Å²) >= 11 is 0. The summed E-state index contributed by atoms with van der Waals surface area (Å²) in [4.78, 5) is 37.5. The molecular formula is C15H23N3O4. The van der Waals surface area contributed by atoms with Gasteiger partial charge in [0.15, 0.2) is 0 Å². The van der Waals surface area contributed by atoms with Crippen molar-refractivity contribution in [3.8, 4) is 0 Å². The minimum absolute atomic E-state index is 0.0954. The van der Waals surface area contributed by atoms with Crippen molar-refractivity contribution >= 4 is 17.8 Å². The second kappa shape index (κ2) is 6.24. The number of rotatable bonds is 5. The van der Waals surface area contributed by atoms with E-state index in [2.05, 4.69) is 10.6 Å². The third-order valence-electron chi connectivity index (χ3n) is 4.78. The maximum Gasteiger partial charge on any atom is 0.325 e. The number of urea groups is 1. The second-order valence-corrected chi connectivity index (χ2v) is 6.32. The van der Waals surface area contributed by atoms with Gasteiger partial charge in [-0.25, -0.2) is 4.79 Å². The topological polar surface area (TPSA) is 87.7 Å². The standard InChI is InChI=1S/C15H23N3O4/c19-12(11-5-3-10-22-11)16-8-4-9-18-13(20)15(17-14(18)21)6-1-2-7-15/h11H,1-10H2,(H,16,19)(H,17,21)/t11-/m1/s1. The highest BCUT2D eigenvalue weighted by molar-refractivity contribution is 6.07. The van der Waals surface area contributed by atoms with Gasteiger partial charge in [0.2, 0.25) is 5.91 Å². The van der Waals surface area contributed by atoms with Crippen LogP contribution in [0, 0.1) is 0 Å². The van der Waals surface area contributed by atoms with E-state index in [9.17, 15) is 14.4 Å². The Hall–Kier alpha value is -1.63. The largest absolute Gasteiger partial charge is 0.368 e. The number of ether oxygens (including phenoxy) is 1. The second-order valence-electron chi connectivity index (χ2n) is 6.32. The first kappa shape index (κ1) is 15.3. The summed E-state index contributed by atoms with van der Waals surface area (Å²) in [6.07, 6.45) is 5.36. The molecule has 4 amide bonds. The van der Waals surface area contributed by atoms with Crippen LogP contribution in [0.3, 0.4) is 0 Å². The molecule has 0 aromatic carbocycles. The maximum atomic E-state index is 12.4. The zero-order valence-electron chi connectivity index (χ0n) is 12.7. The van der Waals surface area contributed by atoms with Crippen molar-refractivity contribution < 1.29 is 19.1 Å². The Morgan fingerprint density at radius 3 is 2.77 bits per heavy atom. The number of carbonyl (C=O) groups excluding carboxylic acids is 3. The highest BCUT2D eigenvalue weighted by atomic mass is 16.5. The van der Waals surface area contributed by atoms with Gasteiger partial charge in [-0.3, -0.25) is 14.5 Å². The van der Waals surface area contributed by atoms with Gasteiger partial charge >= 0.3 is 6.03 Å². The Kier molecular flexibility index (Phi) is 4.33. The number of amides is 4. The SMILES string of the molecule is O=C(NCCCN1C(=O)NC2(CCCC2)C1=O)[C@H]1CCCO1. The summed E-state index contributed by atoms with van der Waals surface area (Å²) in [7, 11) is 0. The van der Waals surface area contributed by atoms with E-state index in [0.717, 1.165) is 38.5 Å². The Morgan fingerprint density at radius 1 is 1.32 bits per heavy atom. The molecule has 1 spiro atoms. The van der Waals surface area contributed by atoms with Crippen molar-refractivity contribution in [2.45, 2.75) is 56.6 Å². The first-order valence-electron chi connectivity index (χ1n) is 8.16. The van der Waals surface area contributed by atoms with Gasteiger partial charge in [0.25, 0.3) is 5.91 Å². The number of hydrogen-bond donors (Lipinski definition) is 2. The van der Waals surface area contributed by atoms with E-state index in [-0.39, 0.29) is 23.9 Å². The molecule has 7 nitrogen and oxygen atoms in total. The molecule has 2 N–H and O–H groups in total. The van der Waals surface area contributed by atoms with Crippen LogP contribution in [0.1, 0.15) is 44.9 Å². The highest BCUT2D eigenvalue weighted by Crippen LogP contribution is 2.34. The van der Waals surface area contributed by atoms with Crippen molar-refractivity contribution in [3.63, 3.8) is 0 Å². The molecule has 0 bridgehead atoms. The van der Waals surface area contributed by atoms with Crippen LogP contribution in [-0.4, -0.2) is 54.1 Å². The maximum absolute atomic E-state index is 12.4. The smallest absolute Gasteiger partial charge is 0.325 e. The molecule has 1 aliphatic carbocycles. The van der Waals surface area contributed by atoms with E-state index in [1.165, 1.54) is 4.90 Å². The Bertz CT molecular complexity index is 467. The van der Waals surface area contributed by atoms with Gasteiger partial charge in [-0.15, -0.1) is 0 Å². The molecule has 3 aliphatic rings. The number of nitrogens with zero attached hydrogens (tertiary/aromatic N) is 1. The van der Waals surface area contributed by atoms with Gasteiger partial charge in [-0.2, -0.15) is 0 Å². The molecule has 2 saturated heterocycles. The van der Waals surface area contributed by atoms with Gasteiger partial charge in [0, 0.05) is 19.7 Å². The molecule has 0 radical (unpaired) electrons. The van der Waals surface area contributed by atoms with Crippen LogP contribution < -0.4 is 10.6 Å². The lowest BCUT2D eigenvalue weighted by molar-refractivity contribution is -0.131. The minimum atomic E-state index is -0.641. The molecule has 0 aromatic heterocycles. The van der Waals surface area contributed by atoms with Crippen LogP contribution in [0.2, 0.25) is 0 Å². The van der Waals surface area contributed by atoms with Crippen molar-refractivity contribution in [1.29, 1.82) is 0 Å². The molecule has 22 heavy (non-hydrogen) atoms. The fourth-order valence-corrected chi connectivity index (χ4v) is 3.54. The molecule has 122 valence electrons. The zero-order valence-corrected chi connectivity index (χ0v) is 12.7. The number of imide groups is 1. The molecule has 3 fully saturated rings. The average molecular weight is 309 g/mol. The molecule has 3 rings (SSSR count). The lowest BCUT2D eigenvalue weighted by Gasteiger charge is -2.20. The molecule has 1 atom stereocenters. The molecular weight excluding hydrogens is 286 g/mol. The number of nitrogens with one attached hydrogen (secondary N) is 2. The fraction of sp³-hybridized carbons (Fsp3) is 0.800. The summed E-state index contributed by atoms with van der Waals surface area (Å²) in [6, 6.07) is -0.294. The summed E-state index contributed by atoms with van der Waals surface area (Å²) in [5, 5.41) is 5.66. The Balaban J connectivity index is 1.42. The van der Waals surface area contributed by atoms with Crippen molar-refractivity contribution in [2.75, 3.05) is 19.7 Å².